The molecule has 1 aliphatic heterocycles. The number of aryl methyl sites for hydroxylation is 1. The summed E-state index contributed by atoms with van der Waals surface area (Å²) < 4.78 is 24.2. The van der Waals surface area contributed by atoms with Gasteiger partial charge < -0.3 is 10.6 Å². The molecule has 0 saturated carbocycles. The number of halogens is 1. The topological polar surface area (TPSA) is 91.4 Å². The van der Waals surface area contributed by atoms with E-state index in [0.29, 0.717) is 35.8 Å². The summed E-state index contributed by atoms with van der Waals surface area (Å²) in [4.78, 5) is 16.7. The number of carbonyl (C=O) groups excluding carboxylic acids is 1. The molecule has 0 aliphatic carbocycles. The van der Waals surface area contributed by atoms with Crippen molar-refractivity contribution in [3.8, 4) is 0 Å². The molecule has 2 heterocycles. The standard InChI is InChI=1S/C18H21ClN4O3S/c1-3-12-6-13(19)4-5-17(12)18(24)22-15-7-14(8-20-9-15)21-16-10-23(11-16)27(2,25)26/h4-9,16,21H,3,10-11H2,1-2H3,(H,22,24). The lowest BCUT2D eigenvalue weighted by molar-refractivity contribution is 0.102. The molecule has 1 amide bonds. The first kappa shape index (κ1) is 19.6. The van der Waals surface area contributed by atoms with Crippen molar-refractivity contribution in [2.24, 2.45) is 0 Å². The Labute approximate surface area is 163 Å². The Morgan fingerprint density at radius 3 is 2.63 bits per heavy atom. The highest BCUT2D eigenvalue weighted by Gasteiger charge is 2.33. The number of rotatable bonds is 6. The molecule has 3 rings (SSSR count). The Balaban J connectivity index is 1.65. The summed E-state index contributed by atoms with van der Waals surface area (Å²) in [6, 6.07) is 6.98. The van der Waals surface area contributed by atoms with E-state index in [0.717, 1.165) is 11.3 Å². The van der Waals surface area contributed by atoms with E-state index in [4.69, 9.17) is 11.6 Å². The minimum atomic E-state index is -3.14. The number of anilines is 2. The molecule has 1 aromatic heterocycles. The molecule has 0 radical (unpaired) electrons. The SMILES string of the molecule is CCc1cc(Cl)ccc1C(=O)Nc1cncc(NC2CN(S(C)(=O)=O)C2)c1. The molecule has 1 aliphatic rings. The molecule has 1 aromatic carbocycles. The molecule has 9 heteroatoms. The number of aromatic nitrogens is 1. The van der Waals surface area contributed by atoms with Crippen molar-refractivity contribution in [3.05, 3.63) is 52.8 Å². The van der Waals surface area contributed by atoms with Crippen LogP contribution in [-0.2, 0) is 16.4 Å². The van der Waals surface area contributed by atoms with Gasteiger partial charge in [-0.15, -0.1) is 0 Å². The third kappa shape index (κ3) is 4.77. The molecule has 27 heavy (non-hydrogen) atoms. The molecule has 144 valence electrons. The molecular weight excluding hydrogens is 388 g/mol. The van der Waals surface area contributed by atoms with E-state index in [2.05, 4.69) is 15.6 Å². The molecule has 0 bridgehead atoms. The summed E-state index contributed by atoms with van der Waals surface area (Å²) in [7, 11) is -3.14. The Morgan fingerprint density at radius 2 is 1.96 bits per heavy atom. The number of hydrogen-bond donors (Lipinski definition) is 2. The largest absolute Gasteiger partial charge is 0.378 e. The summed E-state index contributed by atoms with van der Waals surface area (Å²) in [5.41, 5.74) is 2.72. The van der Waals surface area contributed by atoms with Gasteiger partial charge in [0.2, 0.25) is 10.0 Å². The second-order valence-electron chi connectivity index (χ2n) is 6.49. The number of carbonyl (C=O) groups is 1. The maximum atomic E-state index is 12.6. The molecule has 0 unspecified atom stereocenters. The lowest BCUT2D eigenvalue weighted by Gasteiger charge is -2.38. The minimum Gasteiger partial charge on any atom is -0.378 e. The molecule has 7 nitrogen and oxygen atoms in total. The van der Waals surface area contributed by atoms with Crippen LogP contribution in [0.4, 0.5) is 11.4 Å². The molecule has 0 spiro atoms. The lowest BCUT2D eigenvalue weighted by Crippen LogP contribution is -2.56. The van der Waals surface area contributed by atoms with Crippen LogP contribution in [0, 0.1) is 0 Å². The van der Waals surface area contributed by atoms with Gasteiger partial charge in [-0.1, -0.05) is 18.5 Å². The number of sulfonamides is 1. The predicted octanol–water partition coefficient (Wildman–Crippen LogP) is 2.61. The van der Waals surface area contributed by atoms with Crippen molar-refractivity contribution in [2.75, 3.05) is 30.0 Å². The maximum Gasteiger partial charge on any atom is 0.255 e. The second kappa shape index (κ2) is 7.84. The quantitative estimate of drug-likeness (QED) is 0.766. The Hall–Kier alpha value is -2.16. The first-order valence-electron chi connectivity index (χ1n) is 8.52. The van der Waals surface area contributed by atoms with Crippen LogP contribution in [0.1, 0.15) is 22.8 Å². The Kier molecular flexibility index (Phi) is 5.69. The van der Waals surface area contributed by atoms with Crippen LogP contribution >= 0.6 is 11.6 Å². The monoisotopic (exact) mass is 408 g/mol. The van der Waals surface area contributed by atoms with Crippen molar-refractivity contribution in [1.82, 2.24) is 9.29 Å². The fourth-order valence-electron chi connectivity index (χ4n) is 2.90. The Bertz CT molecular complexity index is 959. The van der Waals surface area contributed by atoms with Gasteiger partial charge in [-0.2, -0.15) is 4.31 Å². The summed E-state index contributed by atoms with van der Waals surface area (Å²) in [6.07, 6.45) is 5.09. The first-order chi connectivity index (χ1) is 12.8. The van der Waals surface area contributed by atoms with E-state index in [1.54, 1.807) is 36.7 Å². The van der Waals surface area contributed by atoms with Crippen LogP contribution < -0.4 is 10.6 Å². The summed E-state index contributed by atoms with van der Waals surface area (Å²) >= 11 is 6.00. The fourth-order valence-corrected chi connectivity index (χ4v) is 3.99. The van der Waals surface area contributed by atoms with Gasteiger partial charge in [-0.25, -0.2) is 8.42 Å². The van der Waals surface area contributed by atoms with E-state index < -0.39 is 10.0 Å². The van der Waals surface area contributed by atoms with E-state index in [9.17, 15) is 13.2 Å². The van der Waals surface area contributed by atoms with Crippen LogP contribution in [0.25, 0.3) is 0 Å². The maximum absolute atomic E-state index is 12.6. The van der Waals surface area contributed by atoms with Crippen LogP contribution in [0.15, 0.2) is 36.7 Å². The number of pyridine rings is 1. The van der Waals surface area contributed by atoms with Gasteiger partial charge in [0.15, 0.2) is 0 Å². The van der Waals surface area contributed by atoms with Crippen LogP contribution in [0.2, 0.25) is 5.02 Å². The zero-order valence-corrected chi connectivity index (χ0v) is 16.6. The third-order valence-corrected chi connectivity index (χ3v) is 5.85. The average molecular weight is 409 g/mol. The van der Waals surface area contributed by atoms with Gasteiger partial charge in [-0.05, 0) is 36.2 Å². The van der Waals surface area contributed by atoms with E-state index in [-0.39, 0.29) is 11.9 Å². The molecule has 1 fully saturated rings. The smallest absolute Gasteiger partial charge is 0.255 e. The highest BCUT2D eigenvalue weighted by atomic mass is 35.5. The van der Waals surface area contributed by atoms with Gasteiger partial charge in [-0.3, -0.25) is 9.78 Å². The van der Waals surface area contributed by atoms with Crippen LogP contribution in [0.3, 0.4) is 0 Å². The summed E-state index contributed by atoms with van der Waals surface area (Å²) in [5, 5.41) is 6.67. The second-order valence-corrected chi connectivity index (χ2v) is 8.91. The van der Waals surface area contributed by atoms with Crippen molar-refractivity contribution in [1.29, 1.82) is 0 Å². The fraction of sp³-hybridized carbons (Fsp3) is 0.333. The van der Waals surface area contributed by atoms with Gasteiger partial charge in [0, 0.05) is 23.7 Å². The van der Waals surface area contributed by atoms with Gasteiger partial charge in [0.05, 0.1) is 36.1 Å². The van der Waals surface area contributed by atoms with E-state index in [1.807, 2.05) is 6.92 Å². The van der Waals surface area contributed by atoms with Crippen molar-refractivity contribution >= 4 is 38.9 Å². The Morgan fingerprint density at radius 1 is 1.26 bits per heavy atom. The average Bonchev–Trinajstić information content (AvgIpc) is 2.56. The van der Waals surface area contributed by atoms with Gasteiger partial charge >= 0.3 is 0 Å². The zero-order chi connectivity index (χ0) is 19.6. The highest BCUT2D eigenvalue weighted by molar-refractivity contribution is 7.88. The van der Waals surface area contributed by atoms with E-state index >= 15 is 0 Å². The molecule has 0 atom stereocenters. The van der Waals surface area contributed by atoms with Crippen LogP contribution in [0.5, 0.6) is 0 Å². The van der Waals surface area contributed by atoms with Gasteiger partial charge in [0.25, 0.3) is 5.91 Å². The van der Waals surface area contributed by atoms with Crippen molar-refractivity contribution < 1.29 is 13.2 Å². The molecule has 2 aromatic rings. The third-order valence-electron chi connectivity index (χ3n) is 4.38. The number of hydrogen-bond acceptors (Lipinski definition) is 5. The highest BCUT2D eigenvalue weighted by Crippen LogP contribution is 2.21. The van der Waals surface area contributed by atoms with Crippen molar-refractivity contribution in [2.45, 2.75) is 19.4 Å². The van der Waals surface area contributed by atoms with E-state index in [1.165, 1.54) is 10.6 Å². The number of nitrogens with zero attached hydrogens (tertiary/aromatic N) is 2. The number of benzene rings is 1. The molecular formula is C18H21ClN4O3S. The zero-order valence-electron chi connectivity index (χ0n) is 15.1. The normalized spacial score (nSPS) is 15.2. The molecule has 2 N–H and O–H groups in total. The molecule has 1 saturated heterocycles. The summed E-state index contributed by atoms with van der Waals surface area (Å²) in [5.74, 6) is -0.227. The van der Waals surface area contributed by atoms with Gasteiger partial charge in [0.1, 0.15) is 0 Å². The number of nitrogens with one attached hydrogen (secondary N) is 2. The lowest BCUT2D eigenvalue weighted by atomic mass is 10.0. The summed E-state index contributed by atoms with van der Waals surface area (Å²) in [6.45, 7) is 2.80. The first-order valence-corrected chi connectivity index (χ1v) is 10.8. The van der Waals surface area contributed by atoms with Crippen molar-refractivity contribution in [3.63, 3.8) is 0 Å². The number of amides is 1. The minimum absolute atomic E-state index is 0.0236. The predicted molar refractivity (Wildman–Crippen MR) is 107 cm³/mol. The van der Waals surface area contributed by atoms with Crippen LogP contribution in [-0.4, -0.2) is 49.0 Å².